The number of nitrogens with two attached hydrogens (primary N) is 1. The van der Waals surface area contributed by atoms with Crippen LogP contribution < -0.4 is 11.1 Å². The lowest BCUT2D eigenvalue weighted by Crippen LogP contribution is -2.14. The molecular weight excluding hydrogens is 240 g/mol. The average molecular weight is 253 g/mol. The molecule has 0 spiro atoms. The standard InChI is InChI=1S/C10H13ClN6/c1-2-6(9-13-3-4-14-9)17-10-7(12)8(11)15-5-16-10/h3-6H,2,12H2,1H3,(H,13,14)(H,15,16,17). The van der Waals surface area contributed by atoms with Gasteiger partial charge in [-0.25, -0.2) is 15.0 Å². The molecule has 1 unspecified atom stereocenters. The topological polar surface area (TPSA) is 92.5 Å². The minimum Gasteiger partial charge on any atom is -0.393 e. The second kappa shape index (κ2) is 5.01. The van der Waals surface area contributed by atoms with Crippen LogP contribution >= 0.6 is 11.6 Å². The van der Waals surface area contributed by atoms with Gasteiger partial charge in [0.1, 0.15) is 17.8 Å². The number of H-pyrrole nitrogens is 1. The van der Waals surface area contributed by atoms with E-state index in [0.717, 1.165) is 12.2 Å². The maximum atomic E-state index is 5.83. The summed E-state index contributed by atoms with van der Waals surface area (Å²) in [6.07, 6.45) is 5.69. The van der Waals surface area contributed by atoms with Gasteiger partial charge in [0.15, 0.2) is 11.0 Å². The first-order valence-corrected chi connectivity index (χ1v) is 5.62. The molecule has 0 aliphatic heterocycles. The number of rotatable bonds is 4. The minimum absolute atomic E-state index is 0.0123. The summed E-state index contributed by atoms with van der Waals surface area (Å²) in [4.78, 5) is 15.1. The number of imidazole rings is 1. The molecule has 0 aromatic carbocycles. The Morgan fingerprint density at radius 3 is 2.94 bits per heavy atom. The van der Waals surface area contributed by atoms with E-state index in [2.05, 4.69) is 25.3 Å². The lowest BCUT2D eigenvalue weighted by atomic mass is 10.2. The molecule has 4 N–H and O–H groups in total. The van der Waals surface area contributed by atoms with E-state index in [1.165, 1.54) is 6.33 Å². The van der Waals surface area contributed by atoms with Gasteiger partial charge < -0.3 is 16.0 Å². The third-order valence-corrected chi connectivity index (χ3v) is 2.71. The minimum atomic E-state index is 0.0123. The van der Waals surface area contributed by atoms with E-state index in [1.54, 1.807) is 12.4 Å². The molecule has 6 nitrogen and oxygen atoms in total. The molecule has 0 bridgehead atoms. The molecule has 17 heavy (non-hydrogen) atoms. The van der Waals surface area contributed by atoms with Crippen molar-refractivity contribution in [2.75, 3.05) is 11.1 Å². The van der Waals surface area contributed by atoms with Crippen molar-refractivity contribution in [2.24, 2.45) is 0 Å². The second-order valence-corrected chi connectivity index (χ2v) is 3.86. The second-order valence-electron chi connectivity index (χ2n) is 3.51. The number of nitrogen functional groups attached to an aromatic ring is 1. The van der Waals surface area contributed by atoms with E-state index in [9.17, 15) is 0 Å². The molecule has 0 saturated carbocycles. The van der Waals surface area contributed by atoms with Crippen molar-refractivity contribution in [1.82, 2.24) is 19.9 Å². The summed E-state index contributed by atoms with van der Waals surface area (Å²) < 4.78 is 0. The monoisotopic (exact) mass is 252 g/mol. The molecule has 2 aromatic heterocycles. The van der Waals surface area contributed by atoms with Crippen molar-refractivity contribution in [1.29, 1.82) is 0 Å². The largest absolute Gasteiger partial charge is 0.393 e. The van der Waals surface area contributed by atoms with Gasteiger partial charge in [-0.05, 0) is 6.42 Å². The molecule has 90 valence electrons. The van der Waals surface area contributed by atoms with Crippen molar-refractivity contribution in [3.05, 3.63) is 29.7 Å². The third-order valence-electron chi connectivity index (χ3n) is 2.40. The Balaban J connectivity index is 2.22. The van der Waals surface area contributed by atoms with E-state index in [0.29, 0.717) is 11.5 Å². The number of hydrogen-bond acceptors (Lipinski definition) is 5. The average Bonchev–Trinajstić information content (AvgIpc) is 2.85. The van der Waals surface area contributed by atoms with Crippen molar-refractivity contribution in [3.8, 4) is 0 Å². The van der Waals surface area contributed by atoms with Gasteiger partial charge in [0.25, 0.3) is 0 Å². The van der Waals surface area contributed by atoms with Crippen LogP contribution in [0.3, 0.4) is 0 Å². The predicted octanol–water partition coefficient (Wildman–Crippen LogP) is 2.00. The molecule has 0 aliphatic carbocycles. The van der Waals surface area contributed by atoms with Crippen LogP contribution in [-0.4, -0.2) is 19.9 Å². The molecule has 0 saturated heterocycles. The van der Waals surface area contributed by atoms with Crippen LogP contribution in [0.15, 0.2) is 18.7 Å². The number of nitrogens with zero attached hydrogens (tertiary/aromatic N) is 3. The van der Waals surface area contributed by atoms with E-state index in [4.69, 9.17) is 17.3 Å². The first kappa shape index (κ1) is 11.7. The van der Waals surface area contributed by atoms with Gasteiger partial charge in [0, 0.05) is 12.4 Å². The van der Waals surface area contributed by atoms with Gasteiger partial charge in [0.2, 0.25) is 0 Å². The SMILES string of the molecule is CCC(Nc1ncnc(Cl)c1N)c1ncc[nH]1. The van der Waals surface area contributed by atoms with Crippen molar-refractivity contribution < 1.29 is 0 Å². The van der Waals surface area contributed by atoms with E-state index < -0.39 is 0 Å². The lowest BCUT2D eigenvalue weighted by Gasteiger charge is -2.16. The van der Waals surface area contributed by atoms with E-state index in [1.807, 2.05) is 6.92 Å². The van der Waals surface area contributed by atoms with Gasteiger partial charge >= 0.3 is 0 Å². The van der Waals surface area contributed by atoms with Crippen LogP contribution in [0.4, 0.5) is 11.5 Å². The summed E-state index contributed by atoms with van der Waals surface area (Å²) in [6.45, 7) is 2.04. The molecule has 0 aliphatic rings. The third kappa shape index (κ3) is 2.47. The zero-order valence-electron chi connectivity index (χ0n) is 9.31. The maximum Gasteiger partial charge on any atom is 0.157 e. The van der Waals surface area contributed by atoms with Gasteiger partial charge in [-0.15, -0.1) is 0 Å². The molecule has 1 atom stereocenters. The molecule has 2 heterocycles. The number of nitrogens with one attached hydrogen (secondary N) is 2. The van der Waals surface area contributed by atoms with Crippen LogP contribution in [-0.2, 0) is 0 Å². The fourth-order valence-corrected chi connectivity index (χ4v) is 1.62. The zero-order valence-corrected chi connectivity index (χ0v) is 10.1. The predicted molar refractivity (Wildman–Crippen MR) is 66.7 cm³/mol. The summed E-state index contributed by atoms with van der Waals surface area (Å²) in [7, 11) is 0. The summed E-state index contributed by atoms with van der Waals surface area (Å²) in [6, 6.07) is 0.0123. The quantitative estimate of drug-likeness (QED) is 0.724. The van der Waals surface area contributed by atoms with E-state index >= 15 is 0 Å². The number of hydrogen-bond donors (Lipinski definition) is 3. The van der Waals surface area contributed by atoms with Crippen LogP contribution in [0, 0.1) is 0 Å². The van der Waals surface area contributed by atoms with Crippen LogP contribution in [0.25, 0.3) is 0 Å². The van der Waals surface area contributed by atoms with Crippen LogP contribution in [0.5, 0.6) is 0 Å². The Bertz CT molecular complexity index is 484. The summed E-state index contributed by atoms with van der Waals surface area (Å²) in [5.41, 5.74) is 6.14. The molecule has 7 heteroatoms. The van der Waals surface area contributed by atoms with Gasteiger partial charge in [-0.1, -0.05) is 18.5 Å². The molecule has 0 amide bonds. The van der Waals surface area contributed by atoms with Crippen molar-refractivity contribution in [3.63, 3.8) is 0 Å². The molecule has 2 rings (SSSR count). The highest BCUT2D eigenvalue weighted by molar-refractivity contribution is 6.32. The summed E-state index contributed by atoms with van der Waals surface area (Å²) in [5.74, 6) is 1.36. The summed E-state index contributed by atoms with van der Waals surface area (Å²) >= 11 is 5.83. The molecule has 2 aromatic rings. The molecule has 0 radical (unpaired) electrons. The number of anilines is 2. The first-order valence-electron chi connectivity index (χ1n) is 5.24. The Morgan fingerprint density at radius 1 is 1.47 bits per heavy atom. The molecular formula is C10H13ClN6. The van der Waals surface area contributed by atoms with Crippen LogP contribution in [0.2, 0.25) is 5.15 Å². The fraction of sp³-hybridized carbons (Fsp3) is 0.300. The smallest absolute Gasteiger partial charge is 0.157 e. The number of halogens is 1. The highest BCUT2D eigenvalue weighted by Crippen LogP contribution is 2.26. The van der Waals surface area contributed by atoms with Gasteiger partial charge in [-0.3, -0.25) is 0 Å². The fourth-order valence-electron chi connectivity index (χ4n) is 1.49. The molecule has 0 fully saturated rings. The Hall–Kier alpha value is -1.82. The highest BCUT2D eigenvalue weighted by Gasteiger charge is 2.14. The summed E-state index contributed by atoms with van der Waals surface area (Å²) in [5, 5.41) is 3.43. The van der Waals surface area contributed by atoms with Gasteiger partial charge in [0.05, 0.1) is 6.04 Å². The Labute approximate surface area is 104 Å². The van der Waals surface area contributed by atoms with Crippen molar-refractivity contribution in [2.45, 2.75) is 19.4 Å². The lowest BCUT2D eigenvalue weighted by molar-refractivity contribution is 0.700. The van der Waals surface area contributed by atoms with Gasteiger partial charge in [-0.2, -0.15) is 0 Å². The normalized spacial score (nSPS) is 12.4. The zero-order chi connectivity index (χ0) is 12.3. The first-order chi connectivity index (χ1) is 8.22. The maximum absolute atomic E-state index is 5.83. The van der Waals surface area contributed by atoms with Crippen LogP contribution in [0.1, 0.15) is 25.2 Å². The Kier molecular flexibility index (Phi) is 3.43. The number of aromatic amines is 1. The number of aromatic nitrogens is 4. The highest BCUT2D eigenvalue weighted by atomic mass is 35.5. The van der Waals surface area contributed by atoms with Crippen molar-refractivity contribution >= 4 is 23.1 Å². The Morgan fingerprint density at radius 2 is 2.29 bits per heavy atom. The van der Waals surface area contributed by atoms with E-state index in [-0.39, 0.29) is 11.2 Å².